The molecule has 32 heavy (non-hydrogen) atoms. The number of benzene rings is 1. The summed E-state index contributed by atoms with van der Waals surface area (Å²) in [6, 6.07) is 12.5. The highest BCUT2D eigenvalue weighted by atomic mass is 16.5. The molecule has 0 unspecified atom stereocenters. The van der Waals surface area contributed by atoms with E-state index in [1.165, 1.54) is 0 Å². The topological polar surface area (TPSA) is 103 Å². The Labute approximate surface area is 185 Å². The molecule has 0 spiro atoms. The standard InChI is InChI=1S/C23H24N6O3/c1-15-22(16(2)28(3)27-15)26-21(30)12-24-23(31)17-7-9-19(10-8-17)32-14-18-13-29-11-5-4-6-20(29)25-18/h4-11,13H,12,14H2,1-3H3,(H,24,31)(H,26,30). The summed E-state index contributed by atoms with van der Waals surface area (Å²) >= 11 is 0. The Bertz CT molecular complexity index is 1240. The number of carbonyl (C=O) groups excluding carboxylic acids is 2. The summed E-state index contributed by atoms with van der Waals surface area (Å²) in [6.07, 6.45) is 3.84. The molecule has 0 aliphatic heterocycles. The number of hydrogen-bond acceptors (Lipinski definition) is 5. The fraction of sp³-hybridized carbons (Fsp3) is 0.217. The Balaban J connectivity index is 1.28. The van der Waals surface area contributed by atoms with Gasteiger partial charge in [0.1, 0.15) is 18.0 Å². The van der Waals surface area contributed by atoms with Crippen molar-refractivity contribution in [3.63, 3.8) is 0 Å². The second-order valence-corrected chi connectivity index (χ2v) is 7.41. The Morgan fingerprint density at radius 1 is 1.09 bits per heavy atom. The number of aromatic nitrogens is 4. The van der Waals surface area contributed by atoms with Gasteiger partial charge in [-0.3, -0.25) is 14.3 Å². The van der Waals surface area contributed by atoms with Crippen LogP contribution in [-0.4, -0.2) is 37.5 Å². The minimum atomic E-state index is -0.341. The van der Waals surface area contributed by atoms with E-state index in [0.717, 1.165) is 22.7 Å². The Morgan fingerprint density at radius 3 is 2.56 bits per heavy atom. The van der Waals surface area contributed by atoms with Gasteiger partial charge in [0.2, 0.25) is 5.91 Å². The van der Waals surface area contributed by atoms with E-state index in [-0.39, 0.29) is 18.4 Å². The van der Waals surface area contributed by atoms with E-state index in [4.69, 9.17) is 4.74 Å². The third-order valence-electron chi connectivity index (χ3n) is 5.10. The molecule has 0 bridgehead atoms. The summed E-state index contributed by atoms with van der Waals surface area (Å²) in [6.45, 7) is 3.87. The van der Waals surface area contributed by atoms with Gasteiger partial charge in [0.25, 0.3) is 5.91 Å². The largest absolute Gasteiger partial charge is 0.487 e. The number of hydrogen-bond donors (Lipinski definition) is 2. The van der Waals surface area contributed by atoms with E-state index < -0.39 is 0 Å². The zero-order valence-corrected chi connectivity index (χ0v) is 18.1. The van der Waals surface area contributed by atoms with Crippen molar-refractivity contribution < 1.29 is 14.3 Å². The van der Waals surface area contributed by atoms with Crippen molar-refractivity contribution in [2.75, 3.05) is 11.9 Å². The van der Waals surface area contributed by atoms with Crippen molar-refractivity contribution in [2.24, 2.45) is 7.05 Å². The van der Waals surface area contributed by atoms with Crippen molar-refractivity contribution >= 4 is 23.1 Å². The maximum absolute atomic E-state index is 12.4. The lowest BCUT2D eigenvalue weighted by Gasteiger charge is -2.08. The first-order valence-corrected chi connectivity index (χ1v) is 10.1. The lowest BCUT2D eigenvalue weighted by Crippen LogP contribution is -2.33. The number of imidazole rings is 1. The van der Waals surface area contributed by atoms with Crippen LogP contribution in [0.15, 0.2) is 54.9 Å². The number of aryl methyl sites for hydroxylation is 2. The number of rotatable bonds is 7. The number of nitrogens with zero attached hydrogens (tertiary/aromatic N) is 4. The zero-order chi connectivity index (χ0) is 22.7. The summed E-state index contributed by atoms with van der Waals surface area (Å²) in [5.41, 5.74) is 4.34. The van der Waals surface area contributed by atoms with Crippen molar-refractivity contribution in [2.45, 2.75) is 20.5 Å². The van der Waals surface area contributed by atoms with E-state index in [0.29, 0.717) is 23.6 Å². The van der Waals surface area contributed by atoms with Gasteiger partial charge in [0.15, 0.2) is 0 Å². The van der Waals surface area contributed by atoms with Crippen LogP contribution in [0, 0.1) is 13.8 Å². The average molecular weight is 432 g/mol. The van der Waals surface area contributed by atoms with Crippen molar-refractivity contribution in [1.29, 1.82) is 0 Å². The van der Waals surface area contributed by atoms with Crippen LogP contribution in [0.4, 0.5) is 5.69 Å². The van der Waals surface area contributed by atoms with Gasteiger partial charge in [-0.2, -0.15) is 5.10 Å². The van der Waals surface area contributed by atoms with Gasteiger partial charge in [0, 0.05) is 25.0 Å². The minimum Gasteiger partial charge on any atom is -0.487 e. The average Bonchev–Trinajstić information content (AvgIpc) is 3.32. The van der Waals surface area contributed by atoms with Gasteiger partial charge in [-0.25, -0.2) is 4.98 Å². The molecule has 3 heterocycles. The Morgan fingerprint density at radius 2 is 1.88 bits per heavy atom. The lowest BCUT2D eigenvalue weighted by atomic mass is 10.2. The SMILES string of the molecule is Cc1nn(C)c(C)c1NC(=O)CNC(=O)c1ccc(OCc2cn3ccccc3n2)cc1. The monoisotopic (exact) mass is 432 g/mol. The third kappa shape index (κ3) is 4.61. The number of nitrogens with one attached hydrogen (secondary N) is 2. The molecule has 9 heteroatoms. The molecule has 0 aliphatic carbocycles. The number of pyridine rings is 1. The van der Waals surface area contributed by atoms with E-state index in [1.807, 2.05) is 55.9 Å². The second-order valence-electron chi connectivity index (χ2n) is 7.41. The van der Waals surface area contributed by atoms with Crippen molar-refractivity contribution in [1.82, 2.24) is 24.5 Å². The highest BCUT2D eigenvalue weighted by Gasteiger charge is 2.14. The van der Waals surface area contributed by atoms with Gasteiger partial charge >= 0.3 is 0 Å². The molecule has 1 aromatic carbocycles. The predicted molar refractivity (Wildman–Crippen MR) is 120 cm³/mol. The van der Waals surface area contributed by atoms with Crippen LogP contribution in [0.1, 0.15) is 27.4 Å². The number of anilines is 1. The van der Waals surface area contributed by atoms with Crippen LogP contribution >= 0.6 is 0 Å². The molecule has 2 amide bonds. The molecule has 4 rings (SSSR count). The van der Waals surface area contributed by atoms with Crippen LogP contribution < -0.4 is 15.4 Å². The Kier molecular flexibility index (Phi) is 5.89. The molecule has 0 atom stereocenters. The summed E-state index contributed by atoms with van der Waals surface area (Å²) in [4.78, 5) is 29.1. The Hall–Kier alpha value is -4.14. The van der Waals surface area contributed by atoms with Crippen LogP contribution in [0.25, 0.3) is 5.65 Å². The van der Waals surface area contributed by atoms with Gasteiger partial charge in [0.05, 0.1) is 29.3 Å². The fourth-order valence-corrected chi connectivity index (χ4v) is 3.32. The summed E-state index contributed by atoms with van der Waals surface area (Å²) in [7, 11) is 1.81. The molecule has 0 fully saturated rings. The summed E-state index contributed by atoms with van der Waals surface area (Å²) in [5, 5.41) is 9.68. The van der Waals surface area contributed by atoms with Gasteiger partial charge < -0.3 is 19.8 Å². The first kappa shape index (κ1) is 21.1. The quantitative estimate of drug-likeness (QED) is 0.467. The first-order valence-electron chi connectivity index (χ1n) is 10.1. The number of ether oxygens (including phenoxy) is 1. The molecular formula is C23H24N6O3. The van der Waals surface area contributed by atoms with Crippen LogP contribution in [0.2, 0.25) is 0 Å². The molecule has 0 radical (unpaired) electrons. The maximum Gasteiger partial charge on any atom is 0.251 e. The van der Waals surface area contributed by atoms with Crippen LogP contribution in [0.3, 0.4) is 0 Å². The molecule has 4 aromatic rings. The second kappa shape index (κ2) is 8.93. The lowest BCUT2D eigenvalue weighted by molar-refractivity contribution is -0.115. The summed E-state index contributed by atoms with van der Waals surface area (Å²) in [5.74, 6) is -0.0319. The van der Waals surface area contributed by atoms with Gasteiger partial charge in [-0.1, -0.05) is 6.07 Å². The minimum absolute atomic E-state index is 0.140. The van der Waals surface area contributed by atoms with Crippen molar-refractivity contribution in [3.05, 3.63) is 77.5 Å². The molecule has 3 aromatic heterocycles. The van der Waals surface area contributed by atoms with E-state index in [2.05, 4.69) is 20.7 Å². The molecule has 0 saturated heterocycles. The molecule has 9 nitrogen and oxygen atoms in total. The van der Waals surface area contributed by atoms with E-state index >= 15 is 0 Å². The van der Waals surface area contributed by atoms with Crippen LogP contribution in [-0.2, 0) is 18.4 Å². The smallest absolute Gasteiger partial charge is 0.251 e. The molecular weight excluding hydrogens is 408 g/mol. The predicted octanol–water partition coefficient (Wildman–Crippen LogP) is 2.63. The normalized spacial score (nSPS) is 10.8. The van der Waals surface area contributed by atoms with Gasteiger partial charge in [-0.05, 0) is 50.2 Å². The molecule has 0 saturated carbocycles. The van der Waals surface area contributed by atoms with Crippen LogP contribution in [0.5, 0.6) is 5.75 Å². The first-order chi connectivity index (χ1) is 15.4. The molecule has 164 valence electrons. The maximum atomic E-state index is 12.4. The van der Waals surface area contributed by atoms with E-state index in [9.17, 15) is 9.59 Å². The zero-order valence-electron chi connectivity index (χ0n) is 18.1. The number of fused-ring (bicyclic) bond motifs is 1. The van der Waals surface area contributed by atoms with Gasteiger partial charge in [-0.15, -0.1) is 0 Å². The number of amides is 2. The third-order valence-corrected chi connectivity index (χ3v) is 5.10. The summed E-state index contributed by atoms with van der Waals surface area (Å²) < 4.78 is 9.39. The fourth-order valence-electron chi connectivity index (χ4n) is 3.32. The highest BCUT2D eigenvalue weighted by Crippen LogP contribution is 2.18. The molecule has 2 N–H and O–H groups in total. The van der Waals surface area contributed by atoms with Crippen molar-refractivity contribution in [3.8, 4) is 5.75 Å². The van der Waals surface area contributed by atoms with E-state index in [1.54, 1.807) is 28.9 Å². The number of carbonyl (C=O) groups is 2. The highest BCUT2D eigenvalue weighted by molar-refractivity contribution is 5.99. The molecule has 0 aliphatic rings.